The highest BCUT2D eigenvalue weighted by Crippen LogP contribution is 2.24. The van der Waals surface area contributed by atoms with Gasteiger partial charge in [-0.1, -0.05) is 19.8 Å². The van der Waals surface area contributed by atoms with Crippen LogP contribution in [0.25, 0.3) is 0 Å². The molecule has 0 aromatic carbocycles. The molecule has 2 fully saturated rings. The monoisotopic (exact) mass is 213 g/mol. The van der Waals surface area contributed by atoms with Crippen LogP contribution >= 0.6 is 0 Å². The van der Waals surface area contributed by atoms with Crippen molar-refractivity contribution in [1.82, 2.24) is 4.90 Å². The topological polar surface area (TPSA) is 32.7 Å². The van der Waals surface area contributed by atoms with Gasteiger partial charge in [-0.25, -0.2) is 0 Å². The second-order valence-corrected chi connectivity index (χ2v) is 4.87. The Morgan fingerprint density at radius 1 is 1.53 bits per heavy atom. The standard InChI is InChI=1S/C12H23NO2/c1-2-3-6-11(14)12-8-13-7-4-5-10(13)9-15-12/h10-12,14H,2-9H2,1H3. The molecule has 2 heterocycles. The predicted molar refractivity (Wildman–Crippen MR) is 59.9 cm³/mol. The SMILES string of the molecule is CCCCC(O)C1CN2CCCC2CO1. The molecule has 2 saturated heterocycles. The Morgan fingerprint density at radius 2 is 2.40 bits per heavy atom. The van der Waals surface area contributed by atoms with Gasteiger partial charge in [-0.15, -0.1) is 0 Å². The minimum Gasteiger partial charge on any atom is -0.390 e. The van der Waals surface area contributed by atoms with E-state index in [9.17, 15) is 5.11 Å². The Morgan fingerprint density at radius 3 is 3.20 bits per heavy atom. The molecule has 15 heavy (non-hydrogen) atoms. The van der Waals surface area contributed by atoms with Gasteiger partial charge in [-0.05, 0) is 25.8 Å². The Labute approximate surface area is 92.4 Å². The predicted octanol–water partition coefficient (Wildman–Crippen LogP) is 1.40. The maximum atomic E-state index is 9.97. The third-order valence-electron chi connectivity index (χ3n) is 3.70. The molecule has 3 atom stereocenters. The van der Waals surface area contributed by atoms with Gasteiger partial charge < -0.3 is 9.84 Å². The van der Waals surface area contributed by atoms with E-state index in [2.05, 4.69) is 11.8 Å². The first kappa shape index (κ1) is 11.4. The fraction of sp³-hybridized carbons (Fsp3) is 1.00. The number of rotatable bonds is 4. The third kappa shape index (κ3) is 2.71. The molecule has 0 bridgehead atoms. The van der Waals surface area contributed by atoms with Gasteiger partial charge >= 0.3 is 0 Å². The third-order valence-corrected chi connectivity index (χ3v) is 3.70. The summed E-state index contributed by atoms with van der Waals surface area (Å²) in [5.41, 5.74) is 0. The zero-order chi connectivity index (χ0) is 10.7. The van der Waals surface area contributed by atoms with Crippen molar-refractivity contribution in [3.63, 3.8) is 0 Å². The lowest BCUT2D eigenvalue weighted by Crippen LogP contribution is -2.50. The van der Waals surface area contributed by atoms with Crippen molar-refractivity contribution in [2.75, 3.05) is 19.7 Å². The van der Waals surface area contributed by atoms with Crippen molar-refractivity contribution in [3.8, 4) is 0 Å². The van der Waals surface area contributed by atoms with Crippen molar-refractivity contribution >= 4 is 0 Å². The molecule has 2 rings (SSSR count). The molecule has 2 aliphatic rings. The van der Waals surface area contributed by atoms with Crippen LogP contribution in [0.3, 0.4) is 0 Å². The van der Waals surface area contributed by atoms with Crippen molar-refractivity contribution in [1.29, 1.82) is 0 Å². The summed E-state index contributed by atoms with van der Waals surface area (Å²) < 4.78 is 5.76. The van der Waals surface area contributed by atoms with E-state index in [-0.39, 0.29) is 12.2 Å². The number of morpholine rings is 1. The summed E-state index contributed by atoms with van der Waals surface area (Å²) in [5, 5.41) is 9.97. The number of ether oxygens (including phenoxy) is 1. The molecule has 0 spiro atoms. The van der Waals surface area contributed by atoms with Crippen LogP contribution in [0.1, 0.15) is 39.0 Å². The smallest absolute Gasteiger partial charge is 0.0961 e. The Bertz CT molecular complexity index is 198. The molecule has 3 heteroatoms. The van der Waals surface area contributed by atoms with Crippen LogP contribution < -0.4 is 0 Å². The van der Waals surface area contributed by atoms with E-state index in [0.717, 1.165) is 32.4 Å². The molecule has 3 unspecified atom stereocenters. The van der Waals surface area contributed by atoms with Gasteiger partial charge in [0.1, 0.15) is 0 Å². The molecule has 3 nitrogen and oxygen atoms in total. The maximum absolute atomic E-state index is 9.97. The zero-order valence-corrected chi connectivity index (χ0v) is 9.69. The quantitative estimate of drug-likeness (QED) is 0.766. The molecule has 0 aromatic rings. The highest BCUT2D eigenvalue weighted by Gasteiger charge is 2.34. The van der Waals surface area contributed by atoms with Crippen LogP contribution in [0.2, 0.25) is 0 Å². The first-order valence-electron chi connectivity index (χ1n) is 6.35. The fourth-order valence-corrected chi connectivity index (χ4v) is 2.67. The summed E-state index contributed by atoms with van der Waals surface area (Å²) in [7, 11) is 0. The summed E-state index contributed by atoms with van der Waals surface area (Å²) >= 11 is 0. The molecular formula is C12H23NO2. The number of aliphatic hydroxyl groups is 1. The van der Waals surface area contributed by atoms with E-state index in [1.807, 2.05) is 0 Å². The first-order chi connectivity index (χ1) is 7.31. The molecule has 0 aliphatic carbocycles. The van der Waals surface area contributed by atoms with Crippen LogP contribution in [0.5, 0.6) is 0 Å². The molecule has 0 aromatic heterocycles. The number of hydrogen-bond donors (Lipinski definition) is 1. The summed E-state index contributed by atoms with van der Waals surface area (Å²) in [6.45, 7) is 5.12. The molecule has 88 valence electrons. The first-order valence-corrected chi connectivity index (χ1v) is 6.35. The van der Waals surface area contributed by atoms with Crippen molar-refractivity contribution in [2.24, 2.45) is 0 Å². The Kier molecular flexibility index (Phi) is 4.00. The molecule has 2 aliphatic heterocycles. The lowest BCUT2D eigenvalue weighted by Gasteiger charge is -2.37. The molecule has 0 saturated carbocycles. The fourth-order valence-electron chi connectivity index (χ4n) is 2.67. The largest absolute Gasteiger partial charge is 0.390 e. The number of unbranched alkanes of at least 4 members (excludes halogenated alkanes) is 1. The maximum Gasteiger partial charge on any atom is 0.0961 e. The van der Waals surface area contributed by atoms with E-state index in [1.165, 1.54) is 19.4 Å². The van der Waals surface area contributed by atoms with Crippen LogP contribution in [0.4, 0.5) is 0 Å². The minimum absolute atomic E-state index is 0.0610. The van der Waals surface area contributed by atoms with Crippen molar-refractivity contribution < 1.29 is 9.84 Å². The summed E-state index contributed by atoms with van der Waals surface area (Å²) in [6, 6.07) is 0.639. The zero-order valence-electron chi connectivity index (χ0n) is 9.69. The average molecular weight is 213 g/mol. The number of hydrogen-bond acceptors (Lipinski definition) is 3. The molecule has 0 radical (unpaired) electrons. The second kappa shape index (κ2) is 5.28. The highest BCUT2D eigenvalue weighted by molar-refractivity contribution is 4.87. The number of fused-ring (bicyclic) bond motifs is 1. The number of aliphatic hydroxyl groups excluding tert-OH is 1. The Balaban J connectivity index is 1.78. The number of nitrogens with zero attached hydrogens (tertiary/aromatic N) is 1. The van der Waals surface area contributed by atoms with Gasteiger partial charge in [-0.2, -0.15) is 0 Å². The van der Waals surface area contributed by atoms with Gasteiger partial charge in [0.25, 0.3) is 0 Å². The van der Waals surface area contributed by atoms with E-state index < -0.39 is 0 Å². The van der Waals surface area contributed by atoms with E-state index >= 15 is 0 Å². The molecular weight excluding hydrogens is 190 g/mol. The summed E-state index contributed by atoms with van der Waals surface area (Å²) in [5.74, 6) is 0. The molecule has 1 N–H and O–H groups in total. The summed E-state index contributed by atoms with van der Waals surface area (Å²) in [6.07, 6.45) is 5.52. The van der Waals surface area contributed by atoms with Crippen LogP contribution in [-0.2, 0) is 4.74 Å². The van der Waals surface area contributed by atoms with E-state index in [1.54, 1.807) is 0 Å². The van der Waals surface area contributed by atoms with Crippen LogP contribution in [0, 0.1) is 0 Å². The normalized spacial score (nSPS) is 34.0. The van der Waals surface area contributed by atoms with Gasteiger partial charge in [0.15, 0.2) is 0 Å². The lowest BCUT2D eigenvalue weighted by atomic mass is 10.0. The van der Waals surface area contributed by atoms with E-state index in [4.69, 9.17) is 4.74 Å². The molecule has 0 amide bonds. The lowest BCUT2D eigenvalue weighted by molar-refractivity contribution is -0.104. The van der Waals surface area contributed by atoms with E-state index in [0.29, 0.717) is 6.04 Å². The van der Waals surface area contributed by atoms with Gasteiger partial charge in [0.05, 0.1) is 18.8 Å². The van der Waals surface area contributed by atoms with Gasteiger partial charge in [-0.3, -0.25) is 4.90 Å². The van der Waals surface area contributed by atoms with Gasteiger partial charge in [0, 0.05) is 12.6 Å². The minimum atomic E-state index is -0.258. The van der Waals surface area contributed by atoms with Crippen LogP contribution in [0.15, 0.2) is 0 Å². The highest BCUT2D eigenvalue weighted by atomic mass is 16.5. The van der Waals surface area contributed by atoms with Gasteiger partial charge in [0.2, 0.25) is 0 Å². The van der Waals surface area contributed by atoms with Crippen molar-refractivity contribution in [2.45, 2.75) is 57.3 Å². The average Bonchev–Trinajstić information content (AvgIpc) is 2.72. The van der Waals surface area contributed by atoms with Crippen molar-refractivity contribution in [3.05, 3.63) is 0 Å². The Hall–Kier alpha value is -0.120. The van der Waals surface area contributed by atoms with Crippen LogP contribution in [-0.4, -0.2) is 48.0 Å². The second-order valence-electron chi connectivity index (χ2n) is 4.87. The summed E-state index contributed by atoms with van der Waals surface area (Å²) in [4.78, 5) is 2.49.